The number of aromatic nitrogens is 2. The standard InChI is InChI=1S/C36H48N8O4S/c1-24(26-11-10-16-42(26)8)47-30-21-29(43-17-19-44(20-18-43)34(46)48-35(2,3)4)39-32(40-30)27(45)13-15-36(5)14-9-12-28-31(36)25(22-37)33(49-28)38-23-41(6)7/h21,23-24,26H,9-12,14,16-20H2,1-8H3/b38-23+/t24-,26-,36+/m0/s1. The van der Waals surface area contributed by atoms with Crippen LogP contribution in [0.15, 0.2) is 11.1 Å². The first-order chi connectivity index (χ1) is 23.2. The summed E-state index contributed by atoms with van der Waals surface area (Å²) in [6, 6.07) is 4.37. The lowest BCUT2D eigenvalue weighted by Crippen LogP contribution is -2.50. The number of hydrogen-bond acceptors (Lipinski definition) is 11. The van der Waals surface area contributed by atoms with Crippen molar-refractivity contribution >= 4 is 40.4 Å². The molecule has 0 N–H and O–H groups in total. The maximum Gasteiger partial charge on any atom is 0.410 e. The molecule has 3 atom stereocenters. The summed E-state index contributed by atoms with van der Waals surface area (Å²) in [5.74, 6) is 6.41. The molecule has 0 spiro atoms. The third-order valence-corrected chi connectivity index (χ3v) is 10.3. The fourth-order valence-corrected chi connectivity index (χ4v) is 7.93. The number of nitrogens with zero attached hydrogens (tertiary/aromatic N) is 8. The van der Waals surface area contributed by atoms with E-state index in [1.54, 1.807) is 17.3 Å². The van der Waals surface area contributed by atoms with Crippen molar-refractivity contribution in [2.24, 2.45) is 4.99 Å². The van der Waals surface area contributed by atoms with E-state index in [0.717, 1.165) is 42.7 Å². The maximum absolute atomic E-state index is 13.8. The minimum Gasteiger partial charge on any atom is -0.473 e. The van der Waals surface area contributed by atoms with Crippen molar-refractivity contribution in [3.63, 3.8) is 0 Å². The quantitative estimate of drug-likeness (QED) is 0.129. The number of ketones is 1. The van der Waals surface area contributed by atoms with Crippen LogP contribution in [0.4, 0.5) is 15.6 Å². The number of amides is 1. The second-order valence-corrected chi connectivity index (χ2v) is 15.6. The summed E-state index contributed by atoms with van der Waals surface area (Å²) in [6.45, 7) is 12.5. The van der Waals surface area contributed by atoms with Gasteiger partial charge in [-0.2, -0.15) is 10.2 Å². The second-order valence-electron chi connectivity index (χ2n) is 14.5. The predicted molar refractivity (Wildman–Crippen MR) is 191 cm³/mol. The molecule has 2 aromatic rings. The minimum atomic E-state index is -0.701. The Morgan fingerprint density at radius 3 is 2.55 bits per heavy atom. The van der Waals surface area contributed by atoms with E-state index in [0.29, 0.717) is 54.9 Å². The van der Waals surface area contributed by atoms with E-state index in [9.17, 15) is 14.9 Å². The van der Waals surface area contributed by atoms with Gasteiger partial charge < -0.3 is 24.2 Å². The third-order valence-electron chi connectivity index (χ3n) is 9.14. The zero-order valence-electron chi connectivity index (χ0n) is 30.0. The van der Waals surface area contributed by atoms with E-state index < -0.39 is 16.8 Å². The lowest BCUT2D eigenvalue weighted by molar-refractivity contribution is 0.0240. The highest BCUT2D eigenvalue weighted by atomic mass is 32.1. The fourth-order valence-electron chi connectivity index (χ4n) is 6.67. The van der Waals surface area contributed by atoms with E-state index in [-0.39, 0.29) is 24.1 Å². The van der Waals surface area contributed by atoms with Gasteiger partial charge in [0.1, 0.15) is 28.6 Å². The highest BCUT2D eigenvalue weighted by Gasteiger charge is 2.37. The second kappa shape index (κ2) is 14.7. The summed E-state index contributed by atoms with van der Waals surface area (Å²) in [5, 5.41) is 10.8. The molecular weight excluding hydrogens is 641 g/mol. The fraction of sp³-hybridized carbons (Fsp3) is 0.611. The van der Waals surface area contributed by atoms with Crippen molar-refractivity contribution < 1.29 is 19.1 Å². The van der Waals surface area contributed by atoms with Gasteiger partial charge in [0.2, 0.25) is 11.7 Å². The Morgan fingerprint density at radius 1 is 1.18 bits per heavy atom. The number of thiophene rings is 1. The summed E-state index contributed by atoms with van der Waals surface area (Å²) in [6.07, 6.45) is 5.77. The zero-order valence-corrected chi connectivity index (χ0v) is 30.8. The number of carbonyl (C=O) groups is 2. The van der Waals surface area contributed by atoms with Crippen molar-refractivity contribution in [2.45, 2.75) is 89.9 Å². The van der Waals surface area contributed by atoms with Crippen LogP contribution in [0.25, 0.3) is 0 Å². The van der Waals surface area contributed by atoms with Crippen LogP contribution in [0.3, 0.4) is 0 Å². The van der Waals surface area contributed by atoms with Gasteiger partial charge in [-0.15, -0.1) is 11.3 Å². The molecule has 5 rings (SSSR count). The summed E-state index contributed by atoms with van der Waals surface area (Å²) < 4.78 is 11.9. The van der Waals surface area contributed by atoms with Gasteiger partial charge in [-0.05, 0) is 86.2 Å². The highest BCUT2D eigenvalue weighted by Crippen LogP contribution is 2.47. The van der Waals surface area contributed by atoms with Crippen molar-refractivity contribution in [3.05, 3.63) is 27.9 Å². The van der Waals surface area contributed by atoms with Gasteiger partial charge in [-0.1, -0.05) is 5.92 Å². The molecule has 262 valence electrons. The molecule has 49 heavy (non-hydrogen) atoms. The van der Waals surface area contributed by atoms with E-state index in [2.05, 4.69) is 44.8 Å². The Morgan fingerprint density at radius 2 is 1.92 bits per heavy atom. The number of rotatable bonds is 7. The number of nitriles is 1. The topological polar surface area (TPSA) is 127 Å². The number of aliphatic imine (C=N–C) groups is 1. The number of anilines is 1. The normalized spacial score (nSPS) is 21.8. The van der Waals surface area contributed by atoms with E-state index in [1.807, 2.05) is 58.5 Å². The Kier molecular flexibility index (Phi) is 10.9. The molecule has 4 heterocycles. The number of ether oxygens (including phenoxy) is 2. The average Bonchev–Trinajstić information content (AvgIpc) is 3.65. The van der Waals surface area contributed by atoms with Crippen molar-refractivity contribution in [1.29, 1.82) is 5.26 Å². The van der Waals surface area contributed by atoms with Crippen molar-refractivity contribution in [2.75, 3.05) is 58.8 Å². The van der Waals surface area contributed by atoms with Crippen LogP contribution in [0.2, 0.25) is 0 Å². The van der Waals surface area contributed by atoms with Crippen LogP contribution in [0.1, 0.15) is 86.9 Å². The van der Waals surface area contributed by atoms with Crippen molar-refractivity contribution in [3.8, 4) is 23.8 Å². The van der Waals surface area contributed by atoms with Gasteiger partial charge in [0.25, 0.3) is 5.78 Å². The Balaban J connectivity index is 1.43. The molecule has 2 fully saturated rings. The number of Topliss-reactive ketones (excluding diaryl/α,β-unsaturated/α-hetero) is 1. The number of hydrogen-bond donors (Lipinski definition) is 0. The molecule has 13 heteroatoms. The zero-order chi connectivity index (χ0) is 35.5. The smallest absolute Gasteiger partial charge is 0.410 e. The lowest BCUT2D eigenvalue weighted by atomic mass is 9.73. The Hall–Kier alpha value is -4.20. The first-order valence-corrected chi connectivity index (χ1v) is 17.8. The highest BCUT2D eigenvalue weighted by molar-refractivity contribution is 7.16. The van der Waals surface area contributed by atoms with Gasteiger partial charge in [0.15, 0.2) is 0 Å². The summed E-state index contributed by atoms with van der Waals surface area (Å²) >= 11 is 1.52. The summed E-state index contributed by atoms with van der Waals surface area (Å²) in [4.78, 5) is 49.2. The van der Waals surface area contributed by atoms with Gasteiger partial charge in [0.05, 0.1) is 17.3 Å². The average molecular weight is 689 g/mol. The Bertz CT molecular complexity index is 1690. The van der Waals surface area contributed by atoms with Gasteiger partial charge in [0, 0.05) is 62.8 Å². The molecule has 0 unspecified atom stereocenters. The third kappa shape index (κ3) is 8.52. The SMILES string of the molecule is C[C@H](Oc1cc(N2CCN(C(=O)OC(C)(C)C)CC2)nc(C(=O)C#C[C@@]2(C)CCCc3sc(/N=C/N(C)C)c(C#N)c32)n1)[C@@H]1CCCN1C. The number of piperazine rings is 1. The molecule has 1 aliphatic carbocycles. The number of carbonyl (C=O) groups excluding carboxylic acids is 2. The minimum absolute atomic E-state index is 0.0386. The molecular formula is C36H48N8O4S. The summed E-state index contributed by atoms with van der Waals surface area (Å²) in [5.41, 5.74) is 0.111. The lowest BCUT2D eigenvalue weighted by Gasteiger charge is -2.36. The molecule has 2 saturated heterocycles. The van der Waals surface area contributed by atoms with Crippen LogP contribution < -0.4 is 9.64 Å². The molecule has 0 bridgehead atoms. The summed E-state index contributed by atoms with van der Waals surface area (Å²) in [7, 11) is 5.86. The molecule has 1 amide bonds. The van der Waals surface area contributed by atoms with Gasteiger partial charge >= 0.3 is 6.09 Å². The van der Waals surface area contributed by atoms with Crippen LogP contribution >= 0.6 is 11.3 Å². The molecule has 3 aliphatic rings. The van der Waals surface area contributed by atoms with Crippen LogP contribution in [0.5, 0.6) is 5.88 Å². The van der Waals surface area contributed by atoms with Crippen LogP contribution in [0, 0.1) is 23.2 Å². The van der Waals surface area contributed by atoms with Crippen LogP contribution in [-0.2, 0) is 16.6 Å². The molecule has 12 nitrogen and oxygen atoms in total. The van der Waals surface area contributed by atoms with Crippen LogP contribution in [-0.4, -0.2) is 114 Å². The first-order valence-electron chi connectivity index (χ1n) is 17.0. The Labute approximate surface area is 294 Å². The van der Waals surface area contributed by atoms with E-state index >= 15 is 0 Å². The van der Waals surface area contributed by atoms with E-state index in [1.165, 1.54) is 11.3 Å². The molecule has 0 radical (unpaired) electrons. The van der Waals surface area contributed by atoms with Gasteiger partial charge in [-0.25, -0.2) is 14.8 Å². The van der Waals surface area contributed by atoms with E-state index in [4.69, 9.17) is 9.47 Å². The largest absolute Gasteiger partial charge is 0.473 e. The van der Waals surface area contributed by atoms with Gasteiger partial charge in [-0.3, -0.25) is 9.69 Å². The number of likely N-dealkylation sites (N-methyl/N-ethyl adjacent to an activating group) is 1. The number of aryl methyl sites for hydroxylation is 1. The molecule has 2 aromatic heterocycles. The first kappa shape index (κ1) is 36.1. The van der Waals surface area contributed by atoms with Crippen molar-refractivity contribution in [1.82, 2.24) is 24.7 Å². The monoisotopic (exact) mass is 688 g/mol. The molecule has 2 aliphatic heterocycles. The number of likely N-dealkylation sites (tertiary alicyclic amines) is 1. The predicted octanol–water partition coefficient (Wildman–Crippen LogP) is 5.03. The molecule has 0 aromatic carbocycles. The maximum atomic E-state index is 13.8. The number of fused-ring (bicyclic) bond motifs is 1. The molecule has 0 saturated carbocycles.